The minimum atomic E-state index is -0.481. The Balaban J connectivity index is 1.51. The summed E-state index contributed by atoms with van der Waals surface area (Å²) in [6, 6.07) is 17.6. The van der Waals surface area contributed by atoms with E-state index in [4.69, 9.17) is 37.1 Å². The minimum Gasteiger partial charge on any atom is -0.487 e. The maximum atomic E-state index is 12.7. The number of carbonyl (C=O) groups excluding carboxylic acids is 1. The van der Waals surface area contributed by atoms with Crippen LogP contribution in [0.25, 0.3) is 22.4 Å². The molecule has 2 aromatic heterocycles. The van der Waals surface area contributed by atoms with Crippen LogP contribution in [-0.4, -0.2) is 24.2 Å². The predicted octanol–water partition coefficient (Wildman–Crippen LogP) is 6.04. The highest BCUT2D eigenvalue weighted by molar-refractivity contribution is 6.37. The molecule has 4 rings (SSSR count). The molecule has 146 valence electrons. The van der Waals surface area contributed by atoms with Gasteiger partial charge in [0.25, 0.3) is 0 Å². The number of esters is 1. The molecule has 5 nitrogen and oxygen atoms in total. The van der Waals surface area contributed by atoms with E-state index in [1.54, 1.807) is 42.7 Å². The summed E-state index contributed by atoms with van der Waals surface area (Å²) in [5.41, 5.74) is 1.63. The smallest absolute Gasteiger partial charge is 0.339 e. The zero-order chi connectivity index (χ0) is 20.2. The number of para-hydroxylation sites is 2. The SMILES string of the molecule is O=C(OCCOc1c(Cl)cccc1Cl)c1cc(-c2ccco2)nc2ccccc12. The highest BCUT2D eigenvalue weighted by Crippen LogP contribution is 2.32. The van der Waals surface area contributed by atoms with Crippen molar-refractivity contribution in [2.75, 3.05) is 13.2 Å². The molecule has 0 amide bonds. The lowest BCUT2D eigenvalue weighted by Crippen LogP contribution is -2.13. The molecule has 0 saturated carbocycles. The zero-order valence-electron chi connectivity index (χ0n) is 15.1. The molecule has 0 spiro atoms. The van der Waals surface area contributed by atoms with Crippen molar-refractivity contribution in [1.29, 1.82) is 0 Å². The van der Waals surface area contributed by atoms with Gasteiger partial charge in [-0.2, -0.15) is 0 Å². The molecule has 2 aromatic carbocycles. The number of nitrogens with zero attached hydrogens (tertiary/aromatic N) is 1. The van der Waals surface area contributed by atoms with Gasteiger partial charge in [0, 0.05) is 5.39 Å². The number of hydrogen-bond acceptors (Lipinski definition) is 5. The average molecular weight is 428 g/mol. The molecular formula is C22H15Cl2NO4. The first-order chi connectivity index (χ1) is 14.1. The fourth-order valence-corrected chi connectivity index (χ4v) is 3.38. The Morgan fingerprint density at radius 1 is 0.966 bits per heavy atom. The van der Waals surface area contributed by atoms with Gasteiger partial charge in [-0.1, -0.05) is 47.5 Å². The van der Waals surface area contributed by atoms with Crippen molar-refractivity contribution in [3.8, 4) is 17.2 Å². The summed E-state index contributed by atoms with van der Waals surface area (Å²) in [6.45, 7) is 0.149. The van der Waals surface area contributed by atoms with E-state index in [0.717, 1.165) is 0 Å². The van der Waals surface area contributed by atoms with Gasteiger partial charge in [-0.25, -0.2) is 9.78 Å². The summed E-state index contributed by atoms with van der Waals surface area (Å²) in [5, 5.41) is 1.49. The Labute approximate surface area is 176 Å². The van der Waals surface area contributed by atoms with Crippen molar-refractivity contribution in [1.82, 2.24) is 4.98 Å². The minimum absolute atomic E-state index is 0.0348. The van der Waals surface area contributed by atoms with Gasteiger partial charge in [-0.05, 0) is 36.4 Å². The van der Waals surface area contributed by atoms with Crippen LogP contribution >= 0.6 is 23.2 Å². The number of halogens is 2. The standard InChI is InChI=1S/C22H15Cl2NO4/c23-16-6-3-7-17(24)21(16)28-11-12-29-22(26)15-13-19(20-9-4-10-27-20)25-18-8-2-1-5-14(15)18/h1-10,13H,11-12H2. The summed E-state index contributed by atoms with van der Waals surface area (Å²) >= 11 is 12.1. The number of rotatable bonds is 6. The van der Waals surface area contributed by atoms with E-state index in [1.165, 1.54) is 0 Å². The van der Waals surface area contributed by atoms with E-state index in [2.05, 4.69) is 4.98 Å². The third-order valence-corrected chi connectivity index (χ3v) is 4.79. The molecule has 0 unspecified atom stereocenters. The lowest BCUT2D eigenvalue weighted by molar-refractivity contribution is 0.0453. The van der Waals surface area contributed by atoms with Crippen molar-refractivity contribution in [2.24, 2.45) is 0 Å². The molecule has 0 bridgehead atoms. The summed E-state index contributed by atoms with van der Waals surface area (Å²) in [4.78, 5) is 17.3. The van der Waals surface area contributed by atoms with Crippen molar-refractivity contribution < 1.29 is 18.7 Å². The molecule has 0 radical (unpaired) electrons. The van der Waals surface area contributed by atoms with E-state index in [9.17, 15) is 4.79 Å². The molecular weight excluding hydrogens is 413 g/mol. The molecule has 0 aliphatic heterocycles. The molecule has 0 saturated heterocycles. The fourth-order valence-electron chi connectivity index (χ4n) is 2.87. The first kappa shape index (κ1) is 19.3. The maximum Gasteiger partial charge on any atom is 0.339 e. The second-order valence-electron chi connectivity index (χ2n) is 6.08. The number of pyridine rings is 1. The number of furan rings is 1. The normalized spacial score (nSPS) is 10.8. The Morgan fingerprint density at radius 2 is 1.76 bits per heavy atom. The number of hydrogen-bond donors (Lipinski definition) is 0. The molecule has 0 N–H and O–H groups in total. The Hall–Kier alpha value is -3.02. The Kier molecular flexibility index (Phi) is 5.69. The second kappa shape index (κ2) is 8.55. The molecule has 0 atom stereocenters. The van der Waals surface area contributed by atoms with Gasteiger partial charge >= 0.3 is 5.97 Å². The number of benzene rings is 2. The van der Waals surface area contributed by atoms with Crippen LogP contribution in [0, 0.1) is 0 Å². The van der Waals surface area contributed by atoms with E-state index in [0.29, 0.717) is 43.7 Å². The first-order valence-corrected chi connectivity index (χ1v) is 9.56. The van der Waals surface area contributed by atoms with Gasteiger partial charge in [-0.15, -0.1) is 0 Å². The lowest BCUT2D eigenvalue weighted by atomic mass is 10.1. The van der Waals surface area contributed by atoms with E-state index >= 15 is 0 Å². The zero-order valence-corrected chi connectivity index (χ0v) is 16.6. The van der Waals surface area contributed by atoms with Gasteiger partial charge in [0.05, 0.1) is 27.4 Å². The molecule has 0 aliphatic carbocycles. The lowest BCUT2D eigenvalue weighted by Gasteiger charge is -2.11. The summed E-state index contributed by atoms with van der Waals surface area (Å²) in [6.07, 6.45) is 1.56. The summed E-state index contributed by atoms with van der Waals surface area (Å²) < 4.78 is 16.4. The van der Waals surface area contributed by atoms with Crippen molar-refractivity contribution in [2.45, 2.75) is 0 Å². The summed E-state index contributed by atoms with van der Waals surface area (Å²) in [5.74, 6) is 0.452. The fraction of sp³-hybridized carbons (Fsp3) is 0.0909. The van der Waals surface area contributed by atoms with Gasteiger partial charge in [0.1, 0.15) is 18.9 Å². The molecule has 2 heterocycles. The van der Waals surface area contributed by atoms with Crippen LogP contribution in [0.4, 0.5) is 0 Å². The highest BCUT2D eigenvalue weighted by Gasteiger charge is 2.16. The van der Waals surface area contributed by atoms with Gasteiger partial charge in [0.15, 0.2) is 11.5 Å². The quantitative estimate of drug-likeness (QED) is 0.277. The van der Waals surface area contributed by atoms with Crippen LogP contribution in [0.1, 0.15) is 10.4 Å². The van der Waals surface area contributed by atoms with Gasteiger partial charge in [0.2, 0.25) is 0 Å². The number of fused-ring (bicyclic) bond motifs is 1. The van der Waals surface area contributed by atoms with Crippen LogP contribution in [-0.2, 0) is 4.74 Å². The topological polar surface area (TPSA) is 61.6 Å². The Morgan fingerprint density at radius 3 is 2.52 bits per heavy atom. The number of aromatic nitrogens is 1. The first-order valence-electron chi connectivity index (χ1n) is 8.81. The molecule has 0 aliphatic rings. The van der Waals surface area contributed by atoms with Crippen LogP contribution in [0.15, 0.2) is 71.3 Å². The van der Waals surface area contributed by atoms with Crippen molar-refractivity contribution in [3.05, 3.63) is 82.5 Å². The third kappa shape index (κ3) is 4.21. The number of ether oxygens (including phenoxy) is 2. The average Bonchev–Trinajstić information content (AvgIpc) is 3.27. The van der Waals surface area contributed by atoms with E-state index < -0.39 is 5.97 Å². The largest absolute Gasteiger partial charge is 0.487 e. The molecule has 4 aromatic rings. The van der Waals surface area contributed by atoms with Gasteiger partial charge < -0.3 is 13.9 Å². The van der Waals surface area contributed by atoms with Crippen LogP contribution in [0.3, 0.4) is 0 Å². The molecule has 29 heavy (non-hydrogen) atoms. The van der Waals surface area contributed by atoms with Gasteiger partial charge in [-0.3, -0.25) is 0 Å². The van der Waals surface area contributed by atoms with Crippen LogP contribution in [0.2, 0.25) is 10.0 Å². The van der Waals surface area contributed by atoms with E-state index in [1.807, 2.05) is 24.3 Å². The Bertz CT molecular complexity index is 1140. The third-order valence-electron chi connectivity index (χ3n) is 4.19. The van der Waals surface area contributed by atoms with Crippen molar-refractivity contribution >= 4 is 40.1 Å². The molecule has 7 heteroatoms. The highest BCUT2D eigenvalue weighted by atomic mass is 35.5. The van der Waals surface area contributed by atoms with Crippen LogP contribution < -0.4 is 4.74 Å². The predicted molar refractivity (Wildman–Crippen MR) is 112 cm³/mol. The monoisotopic (exact) mass is 427 g/mol. The van der Waals surface area contributed by atoms with Crippen LogP contribution in [0.5, 0.6) is 5.75 Å². The maximum absolute atomic E-state index is 12.7. The van der Waals surface area contributed by atoms with E-state index in [-0.39, 0.29) is 13.2 Å². The second-order valence-corrected chi connectivity index (χ2v) is 6.90. The molecule has 0 fully saturated rings. The summed E-state index contributed by atoms with van der Waals surface area (Å²) in [7, 11) is 0. The number of carbonyl (C=O) groups is 1. The van der Waals surface area contributed by atoms with Crippen molar-refractivity contribution in [3.63, 3.8) is 0 Å².